The molecule has 3 aromatic rings. The lowest BCUT2D eigenvalue weighted by Crippen LogP contribution is -2.41. The second-order valence-electron chi connectivity index (χ2n) is 7.13. The molecule has 6 heteroatoms. The van der Waals surface area contributed by atoms with Crippen LogP contribution >= 0.6 is 0 Å². The van der Waals surface area contributed by atoms with Gasteiger partial charge in [-0.15, -0.1) is 4.72 Å². The molecule has 0 aliphatic rings. The van der Waals surface area contributed by atoms with Crippen LogP contribution in [-0.2, 0) is 11.4 Å². The average Bonchev–Trinajstić information content (AvgIpc) is 3.02. The van der Waals surface area contributed by atoms with E-state index in [0.717, 1.165) is 16.6 Å². The number of benzene rings is 2. The molecule has 0 amide bonds. The summed E-state index contributed by atoms with van der Waals surface area (Å²) in [7, 11) is 1.54. The Hall–Kier alpha value is -2.02. The zero-order valence-electron chi connectivity index (χ0n) is 15.3. The molecule has 0 saturated heterocycles. The molecular weight excluding hydrogens is 351 g/mol. The largest absolute Gasteiger partial charge is 0.598 e. The number of H-pyrrole nitrogens is 1. The highest BCUT2D eigenvalue weighted by molar-refractivity contribution is 7.90. The van der Waals surface area contributed by atoms with Gasteiger partial charge in [-0.05, 0) is 56.5 Å². The topological polar surface area (TPSA) is 60.1 Å². The van der Waals surface area contributed by atoms with Crippen molar-refractivity contribution in [2.24, 2.45) is 0 Å². The quantitative estimate of drug-likeness (QED) is 0.649. The molecule has 0 aliphatic heterocycles. The monoisotopic (exact) mass is 374 g/mol. The summed E-state index contributed by atoms with van der Waals surface area (Å²) in [5, 5.41) is 1.03. The highest BCUT2D eigenvalue weighted by Crippen LogP contribution is 2.33. The Bertz CT molecular complexity index is 871. The van der Waals surface area contributed by atoms with Gasteiger partial charge in [-0.25, -0.2) is 4.39 Å². The third kappa shape index (κ3) is 3.87. The van der Waals surface area contributed by atoms with Gasteiger partial charge in [-0.3, -0.25) is 0 Å². The van der Waals surface area contributed by atoms with Crippen molar-refractivity contribution in [3.63, 3.8) is 0 Å². The maximum atomic E-state index is 14.0. The van der Waals surface area contributed by atoms with Crippen molar-refractivity contribution in [1.82, 2.24) is 9.71 Å². The molecule has 1 unspecified atom stereocenters. The van der Waals surface area contributed by atoms with E-state index >= 15 is 0 Å². The number of aromatic nitrogens is 1. The fourth-order valence-corrected chi connectivity index (χ4v) is 3.58. The Morgan fingerprint density at radius 1 is 1.15 bits per heavy atom. The number of hydrogen-bond acceptors (Lipinski definition) is 3. The van der Waals surface area contributed by atoms with E-state index in [4.69, 9.17) is 4.74 Å². The summed E-state index contributed by atoms with van der Waals surface area (Å²) in [6, 6.07) is 13.7. The predicted octanol–water partition coefficient (Wildman–Crippen LogP) is 4.46. The summed E-state index contributed by atoms with van der Waals surface area (Å²) in [5.41, 5.74) is 2.36. The summed E-state index contributed by atoms with van der Waals surface area (Å²) in [6.45, 7) is 5.67. The van der Waals surface area contributed by atoms with Gasteiger partial charge in [0.15, 0.2) is 0 Å². The van der Waals surface area contributed by atoms with E-state index in [1.165, 1.54) is 12.1 Å². The minimum Gasteiger partial charge on any atom is -0.598 e. The third-order valence-corrected chi connectivity index (χ3v) is 5.71. The first kappa shape index (κ1) is 18.8. The first-order chi connectivity index (χ1) is 12.3. The highest BCUT2D eigenvalue weighted by atomic mass is 32.2. The van der Waals surface area contributed by atoms with Crippen LogP contribution in [0.15, 0.2) is 48.5 Å². The number of aromatic amines is 1. The number of methoxy groups -OCH3 is 1. The molecule has 26 heavy (non-hydrogen) atoms. The number of rotatable bonds is 5. The summed E-state index contributed by atoms with van der Waals surface area (Å²) >= 11 is -1.35. The zero-order chi connectivity index (χ0) is 18.9. The molecule has 0 fully saturated rings. The van der Waals surface area contributed by atoms with Crippen molar-refractivity contribution in [3.05, 3.63) is 65.6 Å². The van der Waals surface area contributed by atoms with Crippen molar-refractivity contribution in [2.75, 3.05) is 7.11 Å². The van der Waals surface area contributed by atoms with Crippen molar-refractivity contribution >= 4 is 22.3 Å². The molecule has 0 bridgehead atoms. The van der Waals surface area contributed by atoms with E-state index in [2.05, 4.69) is 9.71 Å². The van der Waals surface area contributed by atoms with Crippen LogP contribution in [0, 0.1) is 5.82 Å². The lowest BCUT2D eigenvalue weighted by molar-refractivity contribution is 0.404. The standard InChI is InChI=1S/C20H23FN2O2S/c1-20(2,3)26(24)23-19(15-12-14(21)9-10-18(15)25-4)17-11-13-7-5-6-8-16(13)22-17/h5-12,19,22-23H,1-4H3/t19-,26?/m1/s1. The Morgan fingerprint density at radius 3 is 2.54 bits per heavy atom. The number of ether oxygens (including phenoxy) is 1. The number of nitrogens with one attached hydrogen (secondary N) is 2. The van der Waals surface area contributed by atoms with Crippen LogP contribution in [0.3, 0.4) is 0 Å². The van der Waals surface area contributed by atoms with Gasteiger partial charge in [-0.1, -0.05) is 18.2 Å². The van der Waals surface area contributed by atoms with Gasteiger partial charge in [0, 0.05) is 28.1 Å². The second kappa shape index (κ2) is 7.31. The minimum absolute atomic E-state index is 0.370. The first-order valence-corrected chi connectivity index (χ1v) is 9.53. The summed E-state index contributed by atoms with van der Waals surface area (Å²) in [5.74, 6) is 0.165. The molecule has 2 atom stereocenters. The Morgan fingerprint density at radius 2 is 1.88 bits per heavy atom. The summed E-state index contributed by atoms with van der Waals surface area (Å²) in [4.78, 5) is 3.35. The Kier molecular flexibility index (Phi) is 5.27. The lowest BCUT2D eigenvalue weighted by atomic mass is 10.0. The van der Waals surface area contributed by atoms with Gasteiger partial charge in [0.05, 0.1) is 7.11 Å². The predicted molar refractivity (Wildman–Crippen MR) is 104 cm³/mol. The molecule has 1 heterocycles. The number of hydrogen-bond donors (Lipinski definition) is 2. The number of halogens is 1. The maximum Gasteiger partial charge on any atom is 0.136 e. The van der Waals surface area contributed by atoms with Crippen LogP contribution < -0.4 is 9.46 Å². The molecule has 1 aromatic heterocycles. The first-order valence-electron chi connectivity index (χ1n) is 8.39. The van der Waals surface area contributed by atoms with Gasteiger partial charge in [0.1, 0.15) is 22.4 Å². The van der Waals surface area contributed by atoms with Gasteiger partial charge in [0.25, 0.3) is 0 Å². The summed E-state index contributed by atoms with van der Waals surface area (Å²) < 4.78 is 34.8. The van der Waals surface area contributed by atoms with E-state index in [9.17, 15) is 8.94 Å². The van der Waals surface area contributed by atoms with E-state index in [1.807, 2.05) is 51.1 Å². The van der Waals surface area contributed by atoms with Crippen LogP contribution in [0.2, 0.25) is 0 Å². The zero-order valence-corrected chi connectivity index (χ0v) is 16.1. The minimum atomic E-state index is -1.35. The lowest BCUT2D eigenvalue weighted by Gasteiger charge is -2.28. The van der Waals surface area contributed by atoms with Gasteiger partial charge < -0.3 is 14.3 Å². The number of para-hydroxylation sites is 1. The molecule has 2 aromatic carbocycles. The van der Waals surface area contributed by atoms with Crippen molar-refractivity contribution in [1.29, 1.82) is 0 Å². The van der Waals surface area contributed by atoms with Crippen LogP contribution in [0.4, 0.5) is 4.39 Å². The Labute approximate surface area is 156 Å². The van der Waals surface area contributed by atoms with Crippen LogP contribution in [-0.4, -0.2) is 21.4 Å². The molecule has 2 N–H and O–H groups in total. The Balaban J connectivity index is 2.11. The van der Waals surface area contributed by atoms with E-state index < -0.39 is 22.2 Å². The molecular formula is C20H23FN2O2S. The summed E-state index contributed by atoms with van der Waals surface area (Å²) in [6.07, 6.45) is 0. The molecule has 4 nitrogen and oxygen atoms in total. The molecule has 0 radical (unpaired) electrons. The molecule has 0 spiro atoms. The van der Waals surface area contributed by atoms with E-state index in [0.29, 0.717) is 11.3 Å². The fraction of sp³-hybridized carbons (Fsp3) is 0.300. The van der Waals surface area contributed by atoms with Gasteiger partial charge in [0.2, 0.25) is 0 Å². The smallest absolute Gasteiger partial charge is 0.136 e. The van der Waals surface area contributed by atoms with Crippen molar-refractivity contribution in [2.45, 2.75) is 31.6 Å². The highest BCUT2D eigenvalue weighted by Gasteiger charge is 2.32. The normalized spacial score (nSPS) is 14.4. The maximum absolute atomic E-state index is 14.0. The second-order valence-corrected chi connectivity index (χ2v) is 9.13. The van der Waals surface area contributed by atoms with Gasteiger partial charge in [-0.2, -0.15) is 0 Å². The van der Waals surface area contributed by atoms with Crippen molar-refractivity contribution in [3.8, 4) is 5.75 Å². The van der Waals surface area contributed by atoms with E-state index in [-0.39, 0.29) is 5.82 Å². The van der Waals surface area contributed by atoms with Gasteiger partial charge >= 0.3 is 0 Å². The van der Waals surface area contributed by atoms with Crippen LogP contribution in [0.1, 0.15) is 38.1 Å². The fourth-order valence-electron chi connectivity index (χ4n) is 2.76. The molecule has 0 aliphatic carbocycles. The molecule has 3 rings (SSSR count). The van der Waals surface area contributed by atoms with E-state index in [1.54, 1.807) is 13.2 Å². The van der Waals surface area contributed by atoms with Crippen molar-refractivity contribution < 1.29 is 13.7 Å². The SMILES string of the molecule is COc1ccc(F)cc1[C@@H](N[S+]([O-])C(C)(C)C)c1cc2ccccc2[nH]1. The molecule has 138 valence electrons. The van der Waals surface area contributed by atoms with Crippen LogP contribution in [0.25, 0.3) is 10.9 Å². The van der Waals surface area contributed by atoms with Crippen LogP contribution in [0.5, 0.6) is 5.75 Å². The molecule has 0 saturated carbocycles. The average molecular weight is 374 g/mol. The number of fused-ring (bicyclic) bond motifs is 1. The third-order valence-electron chi connectivity index (χ3n) is 4.15.